The minimum absolute atomic E-state index is 0.185. The van der Waals surface area contributed by atoms with E-state index in [1.54, 1.807) is 25.3 Å². The van der Waals surface area contributed by atoms with Gasteiger partial charge >= 0.3 is 0 Å². The molecule has 0 radical (unpaired) electrons. The lowest BCUT2D eigenvalue weighted by atomic mass is 10.1. The molecule has 0 aromatic carbocycles. The Labute approximate surface area is 117 Å². The van der Waals surface area contributed by atoms with Gasteiger partial charge in [0.2, 0.25) is 5.91 Å². The molecule has 0 bridgehead atoms. The number of rotatable bonds is 6. The van der Waals surface area contributed by atoms with Gasteiger partial charge in [-0.05, 0) is 32.2 Å². The van der Waals surface area contributed by atoms with Crippen LogP contribution in [-0.2, 0) is 14.8 Å². The van der Waals surface area contributed by atoms with E-state index in [-0.39, 0.29) is 10.8 Å². The van der Waals surface area contributed by atoms with E-state index in [0.717, 1.165) is 11.3 Å². The van der Waals surface area contributed by atoms with Crippen LogP contribution in [0, 0.1) is 0 Å². The first-order chi connectivity index (χ1) is 8.68. The first-order valence-electron chi connectivity index (χ1n) is 5.76. The van der Waals surface area contributed by atoms with Gasteiger partial charge in [-0.25, -0.2) is 8.42 Å². The maximum atomic E-state index is 11.9. The summed E-state index contributed by atoms with van der Waals surface area (Å²) < 4.78 is 26.4. The molecular weight excluding hydrogens is 286 g/mol. The van der Waals surface area contributed by atoms with Gasteiger partial charge in [-0.15, -0.1) is 11.3 Å². The number of carbonyl (C=O) groups is 1. The Balaban J connectivity index is 2.70. The quantitative estimate of drug-likeness (QED) is 0.702. The Morgan fingerprint density at radius 3 is 2.63 bits per heavy atom. The van der Waals surface area contributed by atoms with Crippen molar-refractivity contribution in [1.82, 2.24) is 10.0 Å². The van der Waals surface area contributed by atoms with Gasteiger partial charge in [0.05, 0.1) is 6.04 Å². The lowest BCUT2D eigenvalue weighted by Gasteiger charge is -2.26. The molecule has 1 atom stereocenters. The molecule has 0 saturated heterocycles. The van der Waals surface area contributed by atoms with Crippen molar-refractivity contribution < 1.29 is 13.2 Å². The summed E-state index contributed by atoms with van der Waals surface area (Å²) in [4.78, 5) is 11.9. The van der Waals surface area contributed by atoms with Crippen LogP contribution in [0.1, 0.15) is 20.8 Å². The number of nitrogens with two attached hydrogens (primary N) is 1. The van der Waals surface area contributed by atoms with E-state index in [4.69, 9.17) is 5.73 Å². The second kappa shape index (κ2) is 6.00. The zero-order valence-electron chi connectivity index (χ0n) is 11.1. The molecule has 0 aliphatic rings. The molecule has 1 rings (SSSR count). The number of carbonyl (C=O) groups excluding carboxylic acids is 1. The fourth-order valence-electron chi connectivity index (χ4n) is 1.25. The van der Waals surface area contributed by atoms with Crippen molar-refractivity contribution in [3.63, 3.8) is 0 Å². The van der Waals surface area contributed by atoms with Gasteiger partial charge in [0.1, 0.15) is 4.21 Å². The predicted octanol–water partition coefficient (Wildman–Crippen LogP) is 0.268. The summed E-state index contributed by atoms with van der Waals surface area (Å²) >= 11 is 1.10. The Kier molecular flexibility index (Phi) is 5.08. The van der Waals surface area contributed by atoms with E-state index >= 15 is 0 Å². The predicted molar refractivity (Wildman–Crippen MR) is 75.4 cm³/mol. The molecule has 0 saturated carbocycles. The molecule has 1 amide bonds. The lowest BCUT2D eigenvalue weighted by Crippen LogP contribution is -2.54. The smallest absolute Gasteiger partial charge is 0.250 e. The van der Waals surface area contributed by atoms with Crippen molar-refractivity contribution in [2.24, 2.45) is 5.73 Å². The molecule has 108 valence electrons. The zero-order chi connectivity index (χ0) is 14.7. The second-order valence-corrected chi connectivity index (χ2v) is 7.74. The molecule has 0 fully saturated rings. The van der Waals surface area contributed by atoms with Gasteiger partial charge in [0.15, 0.2) is 0 Å². The van der Waals surface area contributed by atoms with Crippen molar-refractivity contribution >= 4 is 27.3 Å². The van der Waals surface area contributed by atoms with Crippen LogP contribution in [0.25, 0.3) is 0 Å². The van der Waals surface area contributed by atoms with E-state index in [2.05, 4.69) is 10.0 Å². The number of amides is 1. The summed E-state index contributed by atoms with van der Waals surface area (Å²) in [6.45, 7) is 5.30. The second-order valence-electron chi connectivity index (χ2n) is 4.85. The fraction of sp³-hybridized carbons (Fsp3) is 0.545. The monoisotopic (exact) mass is 305 g/mol. The highest BCUT2D eigenvalue weighted by molar-refractivity contribution is 7.91. The molecule has 1 heterocycles. The molecule has 1 unspecified atom stereocenters. The van der Waals surface area contributed by atoms with E-state index < -0.39 is 27.5 Å². The molecular formula is C11H19N3O3S2. The highest BCUT2D eigenvalue weighted by Gasteiger charge is 2.26. The van der Waals surface area contributed by atoms with E-state index in [1.807, 2.05) is 0 Å². The minimum Gasteiger partial charge on any atom is -0.349 e. The van der Waals surface area contributed by atoms with Crippen molar-refractivity contribution in [3.05, 3.63) is 17.5 Å². The highest BCUT2D eigenvalue weighted by atomic mass is 32.2. The van der Waals surface area contributed by atoms with E-state index in [9.17, 15) is 13.2 Å². The van der Waals surface area contributed by atoms with Crippen molar-refractivity contribution in [2.45, 2.75) is 36.6 Å². The zero-order valence-corrected chi connectivity index (χ0v) is 12.8. The third-order valence-corrected chi connectivity index (χ3v) is 5.40. The van der Waals surface area contributed by atoms with Gasteiger partial charge in [0.25, 0.3) is 10.0 Å². The Hall–Kier alpha value is -0.960. The molecule has 8 heteroatoms. The third kappa shape index (κ3) is 4.57. The van der Waals surface area contributed by atoms with Crippen LogP contribution in [0.3, 0.4) is 0 Å². The van der Waals surface area contributed by atoms with Crippen molar-refractivity contribution in [1.29, 1.82) is 0 Å². The minimum atomic E-state index is -3.65. The van der Waals surface area contributed by atoms with Crippen LogP contribution in [0.15, 0.2) is 21.7 Å². The van der Waals surface area contributed by atoms with E-state index in [1.165, 1.54) is 13.0 Å². The molecule has 19 heavy (non-hydrogen) atoms. The van der Waals surface area contributed by atoms with Gasteiger partial charge in [-0.3, -0.25) is 4.79 Å². The average Bonchev–Trinajstić information content (AvgIpc) is 2.82. The SMILES string of the molecule is CC(NS(=O)(=O)c1cccs1)C(=O)NC(C)(C)CN. The molecule has 0 aliphatic carbocycles. The first-order valence-corrected chi connectivity index (χ1v) is 8.12. The van der Waals surface area contributed by atoms with Gasteiger partial charge < -0.3 is 11.1 Å². The maximum absolute atomic E-state index is 11.9. The maximum Gasteiger partial charge on any atom is 0.250 e. The first kappa shape index (κ1) is 16.1. The van der Waals surface area contributed by atoms with Crippen LogP contribution < -0.4 is 15.8 Å². The van der Waals surface area contributed by atoms with Crippen LogP contribution in [0.5, 0.6) is 0 Å². The number of nitrogens with one attached hydrogen (secondary N) is 2. The summed E-state index contributed by atoms with van der Waals surface area (Å²) in [5, 5.41) is 4.35. The van der Waals surface area contributed by atoms with E-state index in [0.29, 0.717) is 0 Å². The molecule has 6 nitrogen and oxygen atoms in total. The van der Waals surface area contributed by atoms with Gasteiger partial charge in [0, 0.05) is 12.1 Å². The number of hydrogen-bond acceptors (Lipinski definition) is 5. The summed E-state index contributed by atoms with van der Waals surface area (Å²) in [6, 6.07) is 2.26. The fourth-order valence-corrected chi connectivity index (χ4v) is 3.47. The summed E-state index contributed by atoms with van der Waals surface area (Å²) in [7, 11) is -3.65. The standard InChI is InChI=1S/C11H19N3O3S2/c1-8(10(15)13-11(2,3)7-12)14-19(16,17)9-5-4-6-18-9/h4-6,8,14H,7,12H2,1-3H3,(H,13,15). The normalized spacial score (nSPS) is 14.1. The van der Waals surface area contributed by atoms with Crippen molar-refractivity contribution in [2.75, 3.05) is 6.54 Å². The van der Waals surface area contributed by atoms with Crippen LogP contribution in [0.4, 0.5) is 0 Å². The average molecular weight is 305 g/mol. The van der Waals surface area contributed by atoms with Crippen LogP contribution in [-0.4, -0.2) is 32.5 Å². The Morgan fingerprint density at radius 2 is 2.16 bits per heavy atom. The van der Waals surface area contributed by atoms with Crippen molar-refractivity contribution in [3.8, 4) is 0 Å². The highest BCUT2D eigenvalue weighted by Crippen LogP contribution is 2.15. The summed E-state index contributed by atoms with van der Waals surface area (Å²) in [6.07, 6.45) is 0. The molecule has 1 aromatic rings. The Morgan fingerprint density at radius 1 is 1.53 bits per heavy atom. The lowest BCUT2D eigenvalue weighted by molar-refractivity contribution is -0.123. The van der Waals surface area contributed by atoms with Gasteiger partial charge in [-0.1, -0.05) is 6.07 Å². The summed E-state index contributed by atoms with van der Waals surface area (Å²) in [5.74, 6) is -0.407. The molecule has 1 aromatic heterocycles. The molecule has 0 spiro atoms. The number of sulfonamides is 1. The van der Waals surface area contributed by atoms with Crippen LogP contribution in [0.2, 0.25) is 0 Å². The molecule has 0 aliphatic heterocycles. The number of thiophene rings is 1. The third-order valence-electron chi connectivity index (χ3n) is 2.46. The summed E-state index contributed by atoms with van der Waals surface area (Å²) in [5.41, 5.74) is 4.94. The van der Waals surface area contributed by atoms with Gasteiger partial charge in [-0.2, -0.15) is 4.72 Å². The van der Waals surface area contributed by atoms with Crippen LogP contribution >= 0.6 is 11.3 Å². The molecule has 4 N–H and O–H groups in total. The Bertz CT molecular complexity index is 523. The topological polar surface area (TPSA) is 101 Å². The number of hydrogen-bond donors (Lipinski definition) is 3. The largest absolute Gasteiger partial charge is 0.349 e.